The Bertz CT molecular complexity index is 634. The van der Waals surface area contributed by atoms with E-state index in [4.69, 9.17) is 21.1 Å². The number of halogens is 1. The predicted molar refractivity (Wildman–Crippen MR) is 112 cm³/mol. The van der Waals surface area contributed by atoms with Gasteiger partial charge in [0.1, 0.15) is 0 Å². The van der Waals surface area contributed by atoms with Crippen molar-refractivity contribution in [3.05, 3.63) is 34.2 Å². The first-order valence-corrected chi connectivity index (χ1v) is 10.2. The summed E-state index contributed by atoms with van der Waals surface area (Å²) in [7, 11) is 0. The molecule has 1 aliphatic heterocycles. The molecule has 0 aromatic carbocycles. The van der Waals surface area contributed by atoms with Gasteiger partial charge < -0.3 is 20.1 Å². The molecule has 1 atom stereocenters. The number of carbonyl (C=O) groups excluding carboxylic acids is 2. The van der Waals surface area contributed by atoms with Crippen LogP contribution in [-0.4, -0.2) is 37.7 Å². The average Bonchev–Trinajstić information content (AvgIpc) is 2.68. The Morgan fingerprint density at radius 3 is 2.43 bits per heavy atom. The second kappa shape index (κ2) is 12.6. The summed E-state index contributed by atoms with van der Waals surface area (Å²) in [6.07, 6.45) is 5.54. The third-order valence-corrected chi connectivity index (χ3v) is 5.15. The molecule has 1 rings (SSSR count). The van der Waals surface area contributed by atoms with Gasteiger partial charge in [-0.25, -0.2) is 0 Å². The molecule has 7 heteroatoms. The Kier molecular flexibility index (Phi) is 10.9. The van der Waals surface area contributed by atoms with E-state index in [0.717, 1.165) is 50.3 Å². The summed E-state index contributed by atoms with van der Waals surface area (Å²) in [6, 6.07) is 0. The summed E-state index contributed by atoms with van der Waals surface area (Å²) in [5, 5.41) is 6.86. The number of hydrogen-bond donors (Lipinski definition) is 2. The quantitative estimate of drug-likeness (QED) is 0.445. The molecule has 1 fully saturated rings. The molecule has 1 unspecified atom stereocenters. The Balaban J connectivity index is 2.92. The van der Waals surface area contributed by atoms with E-state index < -0.39 is 18.0 Å². The van der Waals surface area contributed by atoms with Crippen molar-refractivity contribution in [2.24, 2.45) is 5.92 Å². The maximum absolute atomic E-state index is 12.4. The van der Waals surface area contributed by atoms with E-state index in [2.05, 4.69) is 10.6 Å². The molecule has 2 N–H and O–H groups in total. The van der Waals surface area contributed by atoms with Crippen LogP contribution in [-0.2, 0) is 19.1 Å². The highest BCUT2D eigenvalue weighted by Crippen LogP contribution is 2.16. The average molecular weight is 413 g/mol. The van der Waals surface area contributed by atoms with Gasteiger partial charge in [-0.15, -0.1) is 0 Å². The number of nitrogens with one attached hydrogen (secondary N) is 2. The number of carbonyl (C=O) groups is 2. The molecule has 158 valence electrons. The molecule has 1 heterocycles. The Morgan fingerprint density at radius 1 is 1.21 bits per heavy atom. The molecule has 0 saturated carbocycles. The SMILES string of the molecule is CC/C(C)=C(Cl)/C=C\C(NC(=O)C(C)OC(C)=O)=C(/C)NCC1CCOCC1. The van der Waals surface area contributed by atoms with Gasteiger partial charge in [-0.2, -0.15) is 0 Å². The minimum absolute atomic E-state index is 0.394. The second-order valence-electron chi connectivity index (χ2n) is 7.03. The molecule has 1 amide bonds. The van der Waals surface area contributed by atoms with Gasteiger partial charge in [0.2, 0.25) is 0 Å². The molecule has 1 aliphatic rings. The van der Waals surface area contributed by atoms with E-state index in [9.17, 15) is 9.59 Å². The van der Waals surface area contributed by atoms with E-state index in [1.54, 1.807) is 12.2 Å². The lowest BCUT2D eigenvalue weighted by atomic mass is 10.0. The van der Waals surface area contributed by atoms with Crippen LogP contribution in [0.25, 0.3) is 0 Å². The number of ether oxygens (including phenoxy) is 2. The van der Waals surface area contributed by atoms with Crippen molar-refractivity contribution in [2.75, 3.05) is 19.8 Å². The van der Waals surface area contributed by atoms with Crippen LogP contribution in [0.3, 0.4) is 0 Å². The van der Waals surface area contributed by atoms with Crippen LogP contribution in [0, 0.1) is 5.92 Å². The number of hydrogen-bond acceptors (Lipinski definition) is 5. The zero-order valence-corrected chi connectivity index (χ0v) is 18.3. The molecule has 28 heavy (non-hydrogen) atoms. The third-order valence-electron chi connectivity index (χ3n) is 4.70. The summed E-state index contributed by atoms with van der Waals surface area (Å²) >= 11 is 6.30. The molecule has 0 radical (unpaired) electrons. The van der Waals surface area contributed by atoms with Crippen LogP contribution in [0.2, 0.25) is 0 Å². The van der Waals surface area contributed by atoms with Crippen LogP contribution in [0.4, 0.5) is 0 Å². The van der Waals surface area contributed by atoms with Crippen molar-refractivity contribution in [1.29, 1.82) is 0 Å². The van der Waals surface area contributed by atoms with E-state index in [1.165, 1.54) is 13.8 Å². The highest BCUT2D eigenvalue weighted by Gasteiger charge is 2.18. The van der Waals surface area contributed by atoms with Crippen molar-refractivity contribution in [3.63, 3.8) is 0 Å². The third kappa shape index (κ3) is 8.93. The summed E-state index contributed by atoms with van der Waals surface area (Å²) in [4.78, 5) is 23.5. The van der Waals surface area contributed by atoms with Crippen LogP contribution < -0.4 is 10.6 Å². The lowest BCUT2D eigenvalue weighted by molar-refractivity contribution is -0.152. The van der Waals surface area contributed by atoms with E-state index in [0.29, 0.717) is 16.6 Å². The lowest BCUT2D eigenvalue weighted by Gasteiger charge is -2.23. The zero-order chi connectivity index (χ0) is 21.1. The van der Waals surface area contributed by atoms with Gasteiger partial charge in [0, 0.05) is 37.4 Å². The van der Waals surface area contributed by atoms with Crippen molar-refractivity contribution in [1.82, 2.24) is 10.6 Å². The standard InChI is InChI=1S/C21H33ClN2O4/c1-6-14(2)19(22)7-8-20(24-21(26)16(4)28-17(5)25)15(3)23-13-18-9-11-27-12-10-18/h7-8,16,18,23H,6,9-13H2,1-5H3,(H,24,26)/b8-7-,19-14-,20-15-. The highest BCUT2D eigenvalue weighted by molar-refractivity contribution is 6.31. The molecule has 0 bridgehead atoms. The van der Waals surface area contributed by atoms with Crippen LogP contribution in [0.1, 0.15) is 53.9 Å². The molecule has 1 saturated heterocycles. The smallest absolute Gasteiger partial charge is 0.303 e. The Labute approximate surface area is 173 Å². The lowest BCUT2D eigenvalue weighted by Crippen LogP contribution is -2.36. The molecule has 0 aromatic heterocycles. The van der Waals surface area contributed by atoms with Gasteiger partial charge in [0.15, 0.2) is 6.10 Å². The van der Waals surface area contributed by atoms with Crippen LogP contribution >= 0.6 is 11.6 Å². The van der Waals surface area contributed by atoms with Gasteiger partial charge in [0.05, 0.1) is 5.70 Å². The normalized spacial score (nSPS) is 18.2. The fraction of sp³-hybridized carbons (Fsp3) is 0.619. The Morgan fingerprint density at radius 2 is 1.86 bits per heavy atom. The predicted octanol–water partition coefficient (Wildman–Crippen LogP) is 3.78. The number of allylic oxidation sites excluding steroid dienone is 5. The zero-order valence-electron chi connectivity index (χ0n) is 17.6. The van der Waals surface area contributed by atoms with Crippen LogP contribution in [0.5, 0.6) is 0 Å². The topological polar surface area (TPSA) is 76.7 Å². The fourth-order valence-corrected chi connectivity index (χ4v) is 2.80. The number of rotatable bonds is 9. The number of amides is 1. The largest absolute Gasteiger partial charge is 0.453 e. The van der Waals surface area contributed by atoms with Crippen LogP contribution in [0.15, 0.2) is 34.2 Å². The van der Waals surface area contributed by atoms with Gasteiger partial charge >= 0.3 is 5.97 Å². The first kappa shape index (κ1) is 24.2. The van der Waals surface area contributed by atoms with E-state index in [-0.39, 0.29) is 0 Å². The van der Waals surface area contributed by atoms with Gasteiger partial charge in [-0.3, -0.25) is 9.59 Å². The maximum Gasteiger partial charge on any atom is 0.303 e. The van der Waals surface area contributed by atoms with Crippen molar-refractivity contribution < 1.29 is 19.1 Å². The molecular formula is C21H33ClN2O4. The van der Waals surface area contributed by atoms with Crippen molar-refractivity contribution >= 4 is 23.5 Å². The number of esters is 1. The fourth-order valence-electron chi connectivity index (χ4n) is 2.61. The van der Waals surface area contributed by atoms with Gasteiger partial charge in [0.25, 0.3) is 5.91 Å². The summed E-state index contributed by atoms with van der Waals surface area (Å²) in [5.41, 5.74) is 2.48. The summed E-state index contributed by atoms with van der Waals surface area (Å²) in [6.45, 7) is 11.1. The van der Waals surface area contributed by atoms with Crippen molar-refractivity contribution in [2.45, 2.75) is 60.0 Å². The Hall–Kier alpha value is -1.79. The van der Waals surface area contributed by atoms with Gasteiger partial charge in [-0.05, 0) is 58.1 Å². The summed E-state index contributed by atoms with van der Waals surface area (Å²) < 4.78 is 10.4. The molecule has 6 nitrogen and oxygen atoms in total. The molecular weight excluding hydrogens is 380 g/mol. The highest BCUT2D eigenvalue weighted by atomic mass is 35.5. The first-order valence-electron chi connectivity index (χ1n) is 9.78. The second-order valence-corrected chi connectivity index (χ2v) is 7.44. The maximum atomic E-state index is 12.4. The van der Waals surface area contributed by atoms with E-state index >= 15 is 0 Å². The van der Waals surface area contributed by atoms with Crippen molar-refractivity contribution in [3.8, 4) is 0 Å². The minimum Gasteiger partial charge on any atom is -0.453 e. The van der Waals surface area contributed by atoms with Gasteiger partial charge in [-0.1, -0.05) is 24.1 Å². The monoisotopic (exact) mass is 412 g/mol. The molecule has 0 spiro atoms. The molecule has 0 aliphatic carbocycles. The minimum atomic E-state index is -0.882. The van der Waals surface area contributed by atoms with E-state index in [1.807, 2.05) is 20.8 Å². The first-order chi connectivity index (χ1) is 13.2. The summed E-state index contributed by atoms with van der Waals surface area (Å²) in [5.74, 6) is -0.354. The molecule has 0 aromatic rings.